The third-order valence-electron chi connectivity index (χ3n) is 6.18. The first-order chi connectivity index (χ1) is 14.0. The van der Waals surface area contributed by atoms with Crippen LogP contribution in [-0.4, -0.2) is 49.7 Å². The maximum atomic E-state index is 12.3. The van der Waals surface area contributed by atoms with Crippen LogP contribution in [0.25, 0.3) is 5.65 Å². The molecule has 1 fully saturated rings. The van der Waals surface area contributed by atoms with Crippen molar-refractivity contribution in [2.75, 3.05) is 23.4 Å². The van der Waals surface area contributed by atoms with Crippen LogP contribution < -0.4 is 10.2 Å². The van der Waals surface area contributed by atoms with Gasteiger partial charge in [0.15, 0.2) is 11.5 Å². The molecule has 0 unspecified atom stereocenters. The van der Waals surface area contributed by atoms with Gasteiger partial charge in [0.25, 0.3) is 0 Å². The van der Waals surface area contributed by atoms with Gasteiger partial charge in [-0.25, -0.2) is 9.50 Å². The smallest absolute Gasteiger partial charge is 0.247 e. The zero-order valence-electron chi connectivity index (χ0n) is 16.6. The molecule has 1 aromatic carbocycles. The fourth-order valence-corrected chi connectivity index (χ4v) is 4.47. The second-order valence-corrected chi connectivity index (χ2v) is 8.35. The van der Waals surface area contributed by atoms with Gasteiger partial charge >= 0.3 is 0 Å². The van der Waals surface area contributed by atoms with Gasteiger partial charge in [0.1, 0.15) is 5.78 Å². The maximum Gasteiger partial charge on any atom is 0.247 e. The van der Waals surface area contributed by atoms with Crippen LogP contribution in [0.3, 0.4) is 0 Å². The van der Waals surface area contributed by atoms with Crippen molar-refractivity contribution in [1.29, 1.82) is 0 Å². The molecule has 2 aromatic heterocycles. The normalized spacial score (nSPS) is 20.4. The Hall–Kier alpha value is -3.00. The first-order valence-corrected chi connectivity index (χ1v) is 10.00. The van der Waals surface area contributed by atoms with Crippen LogP contribution in [0.4, 0.5) is 17.5 Å². The summed E-state index contributed by atoms with van der Waals surface area (Å²) in [5.74, 6) is 1.46. The van der Waals surface area contributed by atoms with E-state index in [1.54, 1.807) is 16.9 Å². The highest BCUT2D eigenvalue weighted by Gasteiger charge is 2.37. The summed E-state index contributed by atoms with van der Waals surface area (Å²) >= 11 is 0. The lowest BCUT2D eigenvalue weighted by molar-refractivity contribution is -0.121. The molecule has 5 rings (SSSR count). The first-order valence-electron chi connectivity index (χ1n) is 10.00. The Morgan fingerprint density at radius 3 is 3.03 bits per heavy atom. The molecule has 3 heterocycles. The van der Waals surface area contributed by atoms with Crippen LogP contribution in [0.5, 0.6) is 0 Å². The fourth-order valence-electron chi connectivity index (χ4n) is 4.47. The number of nitrogens with one attached hydrogen (secondary N) is 1. The molecule has 2 N–H and O–H groups in total. The zero-order valence-corrected chi connectivity index (χ0v) is 16.6. The predicted octanol–water partition coefficient (Wildman–Crippen LogP) is 2.23. The maximum absolute atomic E-state index is 12.3. The van der Waals surface area contributed by atoms with Gasteiger partial charge in [-0.2, -0.15) is 4.98 Å². The lowest BCUT2D eigenvalue weighted by Gasteiger charge is -2.23. The SMILES string of the molecule is CC1(C)C(=O)Cc2cc(Nc3nc4c(N5CCC[C@H]5CO)nccn4n3)ccc21. The summed E-state index contributed by atoms with van der Waals surface area (Å²) in [6.45, 7) is 4.91. The van der Waals surface area contributed by atoms with Gasteiger partial charge in [-0.15, -0.1) is 5.10 Å². The van der Waals surface area contributed by atoms with E-state index < -0.39 is 5.41 Å². The second-order valence-electron chi connectivity index (χ2n) is 8.35. The molecule has 8 heteroatoms. The van der Waals surface area contributed by atoms with Crippen molar-refractivity contribution in [2.24, 2.45) is 0 Å². The summed E-state index contributed by atoms with van der Waals surface area (Å²) in [7, 11) is 0. The number of Topliss-reactive ketones (excluding diaryl/α,β-unsaturated/α-hetero) is 1. The van der Waals surface area contributed by atoms with Crippen molar-refractivity contribution in [2.45, 2.75) is 44.6 Å². The van der Waals surface area contributed by atoms with Gasteiger partial charge < -0.3 is 15.3 Å². The molecule has 29 heavy (non-hydrogen) atoms. The Labute approximate surface area is 168 Å². The number of anilines is 3. The fraction of sp³-hybridized carbons (Fsp3) is 0.429. The minimum atomic E-state index is -0.422. The van der Waals surface area contributed by atoms with E-state index in [0.717, 1.165) is 42.0 Å². The van der Waals surface area contributed by atoms with E-state index in [9.17, 15) is 9.90 Å². The summed E-state index contributed by atoms with van der Waals surface area (Å²) in [6.07, 6.45) is 5.91. The third-order valence-corrected chi connectivity index (χ3v) is 6.18. The average Bonchev–Trinajstić information content (AvgIpc) is 3.38. The summed E-state index contributed by atoms with van der Waals surface area (Å²) in [5, 5.41) is 17.4. The third kappa shape index (κ3) is 2.86. The van der Waals surface area contributed by atoms with Gasteiger partial charge in [-0.3, -0.25) is 4.79 Å². The van der Waals surface area contributed by atoms with Crippen molar-refractivity contribution in [3.8, 4) is 0 Å². The van der Waals surface area contributed by atoms with Crippen molar-refractivity contribution >= 4 is 28.9 Å². The molecule has 0 amide bonds. The molecular weight excluding hydrogens is 368 g/mol. The van der Waals surface area contributed by atoms with Crippen LogP contribution >= 0.6 is 0 Å². The number of nitrogens with zero attached hydrogens (tertiary/aromatic N) is 5. The van der Waals surface area contributed by atoms with Crippen molar-refractivity contribution in [1.82, 2.24) is 19.6 Å². The Bertz CT molecular complexity index is 1110. The molecule has 3 aromatic rings. The van der Waals surface area contributed by atoms with E-state index in [-0.39, 0.29) is 18.4 Å². The number of carbonyl (C=O) groups excluding carboxylic acids is 1. The monoisotopic (exact) mass is 392 g/mol. The number of aliphatic hydroxyl groups excluding tert-OH is 1. The highest BCUT2D eigenvalue weighted by atomic mass is 16.3. The topological polar surface area (TPSA) is 95.7 Å². The van der Waals surface area contributed by atoms with Gasteiger partial charge in [-0.1, -0.05) is 6.07 Å². The molecular formula is C21H24N6O2. The Balaban J connectivity index is 1.46. The Morgan fingerprint density at radius 2 is 2.21 bits per heavy atom. The van der Waals surface area contributed by atoms with E-state index in [2.05, 4.69) is 25.3 Å². The van der Waals surface area contributed by atoms with Crippen molar-refractivity contribution < 1.29 is 9.90 Å². The van der Waals surface area contributed by atoms with Crippen molar-refractivity contribution in [3.05, 3.63) is 41.7 Å². The quantitative estimate of drug-likeness (QED) is 0.703. The second kappa shape index (κ2) is 6.52. The molecule has 0 bridgehead atoms. The number of hydrogen-bond donors (Lipinski definition) is 2. The number of benzene rings is 1. The molecule has 0 saturated carbocycles. The van der Waals surface area contributed by atoms with Gasteiger partial charge in [0.2, 0.25) is 5.95 Å². The van der Waals surface area contributed by atoms with E-state index >= 15 is 0 Å². The summed E-state index contributed by atoms with van der Waals surface area (Å²) in [5.41, 5.74) is 3.24. The first kappa shape index (κ1) is 18.1. The van der Waals surface area contributed by atoms with Crippen LogP contribution in [0, 0.1) is 0 Å². The Kier molecular flexibility index (Phi) is 4.06. The molecule has 1 aliphatic heterocycles. The van der Waals surface area contributed by atoms with E-state index in [4.69, 9.17) is 0 Å². The number of fused-ring (bicyclic) bond motifs is 2. The number of ketones is 1. The lowest BCUT2D eigenvalue weighted by Crippen LogP contribution is -2.33. The lowest BCUT2D eigenvalue weighted by atomic mass is 9.86. The Morgan fingerprint density at radius 1 is 1.34 bits per heavy atom. The standard InChI is InChI=1S/C21H24N6O2/c1-21(2)16-6-5-14(10-13(16)11-17(21)29)23-20-24-19-18(22-7-9-27(19)25-20)26-8-3-4-15(26)12-28/h5-7,9-10,15,28H,3-4,8,11-12H2,1-2H3,(H,23,25)/t15-/m0/s1. The minimum absolute atomic E-state index is 0.0689. The zero-order chi connectivity index (χ0) is 20.2. The van der Waals surface area contributed by atoms with Crippen LogP contribution in [0.15, 0.2) is 30.6 Å². The molecule has 150 valence electrons. The predicted molar refractivity (Wildman–Crippen MR) is 110 cm³/mol. The van der Waals surface area contributed by atoms with E-state index in [1.165, 1.54) is 0 Å². The summed E-state index contributed by atoms with van der Waals surface area (Å²) in [6, 6.07) is 6.06. The molecule has 1 saturated heterocycles. The van der Waals surface area contributed by atoms with Gasteiger partial charge in [0, 0.05) is 36.5 Å². The number of hydrogen-bond acceptors (Lipinski definition) is 7. The number of aromatic nitrogens is 4. The van der Waals surface area contributed by atoms with E-state index in [0.29, 0.717) is 18.0 Å². The van der Waals surface area contributed by atoms with Crippen LogP contribution in [0.1, 0.15) is 37.8 Å². The van der Waals surface area contributed by atoms with Gasteiger partial charge in [-0.05, 0) is 49.9 Å². The summed E-state index contributed by atoms with van der Waals surface area (Å²) in [4.78, 5) is 23.5. The average molecular weight is 392 g/mol. The number of aliphatic hydroxyl groups is 1. The molecule has 1 aliphatic carbocycles. The molecule has 1 atom stereocenters. The van der Waals surface area contributed by atoms with Crippen LogP contribution in [-0.2, 0) is 16.6 Å². The van der Waals surface area contributed by atoms with Crippen LogP contribution in [0.2, 0.25) is 0 Å². The molecule has 2 aliphatic rings. The minimum Gasteiger partial charge on any atom is -0.394 e. The highest BCUT2D eigenvalue weighted by Crippen LogP contribution is 2.37. The molecule has 0 radical (unpaired) electrons. The summed E-state index contributed by atoms with van der Waals surface area (Å²) < 4.78 is 1.71. The van der Waals surface area contributed by atoms with Gasteiger partial charge in [0.05, 0.1) is 12.6 Å². The van der Waals surface area contributed by atoms with E-state index in [1.807, 2.05) is 32.0 Å². The highest BCUT2D eigenvalue weighted by molar-refractivity contribution is 5.96. The largest absolute Gasteiger partial charge is 0.394 e. The molecule has 8 nitrogen and oxygen atoms in total. The number of rotatable bonds is 4. The number of carbonyl (C=O) groups is 1. The molecule has 0 spiro atoms. The van der Waals surface area contributed by atoms with Crippen molar-refractivity contribution in [3.63, 3.8) is 0 Å².